The largest absolute Gasteiger partial charge is 0.310 e. The van der Waals surface area contributed by atoms with Crippen LogP contribution in [-0.2, 0) is 6.42 Å². The molecule has 0 saturated heterocycles. The van der Waals surface area contributed by atoms with E-state index in [9.17, 15) is 0 Å². The summed E-state index contributed by atoms with van der Waals surface area (Å²) in [5, 5.41) is 3.94. The van der Waals surface area contributed by atoms with Crippen molar-refractivity contribution in [1.82, 2.24) is 9.13 Å². The molecule has 8 aromatic rings. The first-order chi connectivity index (χ1) is 21.8. The number of para-hydroxylation sites is 3. The lowest BCUT2D eigenvalue weighted by molar-refractivity contribution is 0.826. The molecule has 2 aromatic heterocycles. The molecule has 0 amide bonds. The van der Waals surface area contributed by atoms with Crippen LogP contribution in [0.2, 0.25) is 0 Å². The summed E-state index contributed by atoms with van der Waals surface area (Å²) in [5.74, 6) is 0.306. The molecule has 0 spiro atoms. The van der Waals surface area contributed by atoms with Gasteiger partial charge in [-0.3, -0.25) is 0 Å². The van der Waals surface area contributed by atoms with Crippen molar-refractivity contribution in [3.05, 3.63) is 175 Å². The second kappa shape index (κ2) is 10.00. The van der Waals surface area contributed by atoms with Gasteiger partial charge in [0, 0.05) is 39.1 Å². The first kappa shape index (κ1) is 24.9. The molecule has 1 unspecified atom stereocenters. The minimum absolute atomic E-state index is 0.306. The molecule has 1 aliphatic carbocycles. The van der Waals surface area contributed by atoms with Crippen LogP contribution in [0.4, 0.5) is 0 Å². The molecular formula is C42H30N2. The molecule has 2 nitrogen and oxygen atoms in total. The quantitative estimate of drug-likeness (QED) is 0.202. The molecule has 208 valence electrons. The zero-order chi connectivity index (χ0) is 29.0. The Hall–Kier alpha value is -5.60. The zero-order valence-electron chi connectivity index (χ0n) is 24.3. The number of hydrogen-bond acceptors (Lipinski definition) is 0. The lowest BCUT2D eigenvalue weighted by atomic mass is 9.86. The summed E-state index contributed by atoms with van der Waals surface area (Å²) >= 11 is 0. The zero-order valence-corrected chi connectivity index (χ0v) is 24.3. The van der Waals surface area contributed by atoms with Gasteiger partial charge in [0.25, 0.3) is 0 Å². The van der Waals surface area contributed by atoms with Gasteiger partial charge >= 0.3 is 0 Å². The van der Waals surface area contributed by atoms with Gasteiger partial charge in [-0.25, -0.2) is 0 Å². The van der Waals surface area contributed by atoms with E-state index in [1.807, 2.05) is 0 Å². The smallest absolute Gasteiger partial charge is 0.0541 e. The first-order valence-electron chi connectivity index (χ1n) is 15.4. The second-order valence-corrected chi connectivity index (χ2v) is 11.8. The highest BCUT2D eigenvalue weighted by atomic mass is 15.0. The summed E-state index contributed by atoms with van der Waals surface area (Å²) in [6, 6.07) is 55.0. The molecule has 1 atom stereocenters. The van der Waals surface area contributed by atoms with Gasteiger partial charge < -0.3 is 9.13 Å². The van der Waals surface area contributed by atoms with Gasteiger partial charge in [0.1, 0.15) is 0 Å². The van der Waals surface area contributed by atoms with Gasteiger partial charge in [0.05, 0.1) is 16.6 Å². The van der Waals surface area contributed by atoms with E-state index in [4.69, 9.17) is 0 Å². The van der Waals surface area contributed by atoms with Gasteiger partial charge in [0.15, 0.2) is 0 Å². The molecule has 0 saturated carbocycles. The Bertz CT molecular complexity index is 2350. The normalized spacial score (nSPS) is 14.4. The topological polar surface area (TPSA) is 9.86 Å². The third-order valence-electron chi connectivity index (χ3n) is 9.28. The van der Waals surface area contributed by atoms with E-state index < -0.39 is 0 Å². The molecule has 0 aliphatic heterocycles. The Kier molecular flexibility index (Phi) is 5.67. The average Bonchev–Trinajstić information content (AvgIpc) is 3.61. The fourth-order valence-electron chi connectivity index (χ4n) is 7.25. The van der Waals surface area contributed by atoms with Gasteiger partial charge in [0.2, 0.25) is 0 Å². The van der Waals surface area contributed by atoms with Crippen molar-refractivity contribution in [2.75, 3.05) is 0 Å². The summed E-state index contributed by atoms with van der Waals surface area (Å²) in [6.07, 6.45) is 5.74. The SMILES string of the molecule is C1=CC(c2ccc3c(c2)c2ccccc2n3-c2ccccc2)Cc2c1n(-c1cccc(-c3ccccc3)c1)c1ccccc21. The van der Waals surface area contributed by atoms with Crippen LogP contribution in [0.25, 0.3) is 61.3 Å². The van der Waals surface area contributed by atoms with Crippen LogP contribution >= 0.6 is 0 Å². The predicted molar refractivity (Wildman–Crippen MR) is 185 cm³/mol. The van der Waals surface area contributed by atoms with E-state index in [2.05, 4.69) is 173 Å². The Morgan fingerprint density at radius 3 is 1.91 bits per heavy atom. The van der Waals surface area contributed by atoms with E-state index >= 15 is 0 Å². The monoisotopic (exact) mass is 562 g/mol. The third kappa shape index (κ3) is 3.88. The van der Waals surface area contributed by atoms with Crippen molar-refractivity contribution in [3.8, 4) is 22.5 Å². The lowest BCUT2D eigenvalue weighted by Gasteiger charge is -2.20. The van der Waals surface area contributed by atoms with Crippen LogP contribution in [0.1, 0.15) is 22.7 Å². The highest BCUT2D eigenvalue weighted by molar-refractivity contribution is 6.09. The van der Waals surface area contributed by atoms with Gasteiger partial charge in [-0.05, 0) is 83.3 Å². The molecule has 0 fully saturated rings. The summed E-state index contributed by atoms with van der Waals surface area (Å²) in [7, 11) is 0. The average molecular weight is 563 g/mol. The van der Waals surface area contributed by atoms with E-state index in [1.54, 1.807) is 0 Å². The van der Waals surface area contributed by atoms with Crippen LogP contribution in [0.5, 0.6) is 0 Å². The molecule has 2 heterocycles. The Labute approximate surface area is 256 Å². The van der Waals surface area contributed by atoms with Gasteiger partial charge in [-0.15, -0.1) is 0 Å². The standard InChI is InChI=1S/C42H30N2/c1-3-12-29(13-4-1)30-14-11-17-34(26-30)44-40-21-10-8-19-36(40)38-28-32(23-25-42(38)44)31-22-24-41-37(27-31)35-18-7-9-20-39(35)43(41)33-15-5-2-6-16-33/h1-27,32H,28H2. The molecule has 6 aromatic carbocycles. The Balaban J connectivity index is 1.16. The Morgan fingerprint density at radius 1 is 0.455 bits per heavy atom. The molecule has 0 radical (unpaired) electrons. The van der Waals surface area contributed by atoms with E-state index in [0.717, 1.165) is 6.42 Å². The number of fused-ring (bicyclic) bond motifs is 6. The first-order valence-corrected chi connectivity index (χ1v) is 15.4. The van der Waals surface area contributed by atoms with E-state index in [1.165, 1.54) is 72.0 Å². The molecule has 1 aliphatic rings. The number of allylic oxidation sites excluding steroid dienone is 1. The maximum atomic E-state index is 2.44. The fraction of sp³-hybridized carbons (Fsp3) is 0.0476. The number of aromatic nitrogens is 2. The molecular weight excluding hydrogens is 532 g/mol. The van der Waals surface area contributed by atoms with Crippen molar-refractivity contribution in [2.45, 2.75) is 12.3 Å². The Morgan fingerprint density at radius 2 is 1.09 bits per heavy atom. The lowest BCUT2D eigenvalue weighted by Crippen LogP contribution is -2.07. The number of hydrogen-bond donors (Lipinski definition) is 0. The van der Waals surface area contributed by atoms with Crippen LogP contribution in [0.15, 0.2) is 158 Å². The number of nitrogens with zero attached hydrogens (tertiary/aromatic N) is 2. The number of rotatable bonds is 4. The third-order valence-corrected chi connectivity index (χ3v) is 9.28. The van der Waals surface area contributed by atoms with E-state index in [-0.39, 0.29) is 0 Å². The van der Waals surface area contributed by atoms with Crippen LogP contribution in [-0.4, -0.2) is 9.13 Å². The van der Waals surface area contributed by atoms with Crippen molar-refractivity contribution in [2.24, 2.45) is 0 Å². The molecule has 0 N–H and O–H groups in total. The van der Waals surface area contributed by atoms with Crippen molar-refractivity contribution in [1.29, 1.82) is 0 Å². The van der Waals surface area contributed by atoms with Crippen molar-refractivity contribution < 1.29 is 0 Å². The molecule has 0 bridgehead atoms. The maximum Gasteiger partial charge on any atom is 0.0541 e. The minimum atomic E-state index is 0.306. The highest BCUT2D eigenvalue weighted by Crippen LogP contribution is 2.40. The highest BCUT2D eigenvalue weighted by Gasteiger charge is 2.24. The fourth-order valence-corrected chi connectivity index (χ4v) is 7.25. The van der Waals surface area contributed by atoms with Crippen molar-refractivity contribution >= 4 is 38.8 Å². The molecule has 44 heavy (non-hydrogen) atoms. The molecule has 9 rings (SSSR count). The van der Waals surface area contributed by atoms with Gasteiger partial charge in [-0.1, -0.05) is 109 Å². The maximum absolute atomic E-state index is 2.44. The summed E-state index contributed by atoms with van der Waals surface area (Å²) < 4.78 is 4.83. The minimum Gasteiger partial charge on any atom is -0.310 e. The van der Waals surface area contributed by atoms with Gasteiger partial charge in [-0.2, -0.15) is 0 Å². The second-order valence-electron chi connectivity index (χ2n) is 11.8. The summed E-state index contributed by atoms with van der Waals surface area (Å²) in [6.45, 7) is 0. The van der Waals surface area contributed by atoms with E-state index in [0.29, 0.717) is 5.92 Å². The van der Waals surface area contributed by atoms with Crippen LogP contribution < -0.4 is 0 Å². The predicted octanol–water partition coefficient (Wildman–Crippen LogP) is 10.7. The van der Waals surface area contributed by atoms with Crippen LogP contribution in [0.3, 0.4) is 0 Å². The summed E-state index contributed by atoms with van der Waals surface area (Å²) in [5.41, 5.74) is 12.7. The van der Waals surface area contributed by atoms with Crippen LogP contribution in [0, 0.1) is 0 Å². The molecule has 2 heteroatoms. The van der Waals surface area contributed by atoms with Crippen molar-refractivity contribution in [3.63, 3.8) is 0 Å². The number of benzene rings is 6. The summed E-state index contributed by atoms with van der Waals surface area (Å²) in [4.78, 5) is 0.